The normalized spacial score (nSPS) is 13.4. The van der Waals surface area contributed by atoms with Crippen LogP contribution >= 0.6 is 0 Å². The van der Waals surface area contributed by atoms with Gasteiger partial charge in [-0.15, -0.1) is 48.1 Å². The van der Waals surface area contributed by atoms with Gasteiger partial charge in [0.25, 0.3) is 0 Å². The molecule has 64 heavy (non-hydrogen) atoms. The van der Waals surface area contributed by atoms with Crippen molar-refractivity contribution in [2.75, 3.05) is 9.80 Å². The fraction of sp³-hybridized carbons (Fsp3) is 0.276. The van der Waals surface area contributed by atoms with Crippen LogP contribution in [0.4, 0.5) is 22.7 Å². The molecule has 0 fully saturated rings. The van der Waals surface area contributed by atoms with E-state index in [1.165, 1.54) is 33.4 Å². The zero-order valence-corrected chi connectivity index (χ0v) is 41.6. The van der Waals surface area contributed by atoms with E-state index in [1.807, 2.05) is 24.4 Å². The Morgan fingerprint density at radius 1 is 0.500 bits per heavy atom. The Kier molecular flexibility index (Phi) is 11.5. The van der Waals surface area contributed by atoms with Crippen LogP contribution in [-0.4, -0.2) is 9.55 Å². The third kappa shape index (κ3) is 8.64. The molecule has 0 unspecified atom stereocenters. The van der Waals surface area contributed by atoms with Gasteiger partial charge in [-0.1, -0.05) is 143 Å². The van der Waals surface area contributed by atoms with E-state index in [1.54, 1.807) is 0 Å². The van der Waals surface area contributed by atoms with Crippen molar-refractivity contribution in [2.24, 2.45) is 0 Å². The minimum atomic E-state index is -0.0504. The molecule has 0 atom stereocenters. The van der Waals surface area contributed by atoms with Gasteiger partial charge in [0.2, 0.25) is 0 Å². The van der Waals surface area contributed by atoms with Gasteiger partial charge in [-0.3, -0.25) is 0 Å². The Labute approximate surface area is 395 Å². The monoisotopic (exact) mass is 1020 g/mol. The molecule has 2 aromatic heterocycles. The molecule has 3 heterocycles. The number of para-hydroxylation sites is 2. The first-order chi connectivity index (χ1) is 29.7. The van der Waals surface area contributed by atoms with Crippen molar-refractivity contribution in [2.45, 2.75) is 105 Å². The summed E-state index contributed by atoms with van der Waals surface area (Å²) in [4.78, 5) is 9.44. The Morgan fingerprint density at radius 2 is 1.11 bits per heavy atom. The van der Waals surface area contributed by atoms with Crippen LogP contribution in [-0.2, 0) is 42.7 Å². The van der Waals surface area contributed by atoms with E-state index in [0.29, 0.717) is 11.5 Å². The molecule has 330 valence electrons. The summed E-state index contributed by atoms with van der Waals surface area (Å²) >= 11 is 0. The SMILES string of the molecule is CC(C)(C)c1ccc(-c2cc(N3[CH-]N(c4[c-]c(Oc5[c-]c6c(cc5)c5ccc(C(C)(C)C)cc5n6-c5cc(C(C)(C)C)ccn5)ccc4)c4ccccc43)cc(C(C)(C)C)c2)cc1.[Pt]. The summed E-state index contributed by atoms with van der Waals surface area (Å²) in [6.07, 6.45) is 1.92. The maximum atomic E-state index is 6.68. The molecule has 6 aromatic carbocycles. The van der Waals surface area contributed by atoms with Crippen LogP contribution < -0.4 is 14.5 Å². The van der Waals surface area contributed by atoms with Crippen molar-refractivity contribution in [3.8, 4) is 28.4 Å². The molecule has 8 aromatic rings. The van der Waals surface area contributed by atoms with Gasteiger partial charge in [-0.2, -0.15) is 12.1 Å². The molecule has 0 amide bonds. The number of ether oxygens (including phenoxy) is 1. The average Bonchev–Trinajstić information content (AvgIpc) is 3.78. The molecule has 9 rings (SSSR count). The fourth-order valence-corrected chi connectivity index (χ4v) is 8.47. The number of rotatable bonds is 6. The smallest absolute Gasteiger partial charge is 0.135 e. The van der Waals surface area contributed by atoms with Crippen molar-refractivity contribution in [1.82, 2.24) is 9.55 Å². The van der Waals surface area contributed by atoms with Gasteiger partial charge in [0.15, 0.2) is 0 Å². The van der Waals surface area contributed by atoms with E-state index in [9.17, 15) is 0 Å². The minimum Gasteiger partial charge on any atom is -0.509 e. The summed E-state index contributed by atoms with van der Waals surface area (Å²) in [5.41, 5.74) is 13.7. The number of benzene rings is 6. The predicted molar refractivity (Wildman–Crippen MR) is 264 cm³/mol. The number of hydrogen-bond acceptors (Lipinski definition) is 4. The fourth-order valence-electron chi connectivity index (χ4n) is 8.47. The van der Waals surface area contributed by atoms with Crippen LogP contribution in [0, 0.1) is 18.8 Å². The first kappa shape index (κ1) is 44.9. The summed E-state index contributed by atoms with van der Waals surface area (Å²) in [5, 5.41) is 2.26. The zero-order chi connectivity index (χ0) is 44.6. The zero-order valence-electron chi connectivity index (χ0n) is 39.3. The minimum absolute atomic E-state index is 0. The van der Waals surface area contributed by atoms with E-state index >= 15 is 0 Å². The van der Waals surface area contributed by atoms with E-state index in [0.717, 1.165) is 50.4 Å². The Hall–Kier alpha value is -5.64. The van der Waals surface area contributed by atoms with Crippen molar-refractivity contribution in [3.63, 3.8) is 0 Å². The van der Waals surface area contributed by atoms with E-state index in [2.05, 4.69) is 225 Å². The number of aromatic nitrogens is 2. The van der Waals surface area contributed by atoms with E-state index < -0.39 is 0 Å². The van der Waals surface area contributed by atoms with Crippen LogP contribution in [0.2, 0.25) is 0 Å². The number of hydrogen-bond donors (Lipinski definition) is 0. The molecule has 1 aliphatic heterocycles. The molecule has 0 N–H and O–H groups in total. The second-order valence-electron chi connectivity index (χ2n) is 21.2. The van der Waals surface area contributed by atoms with Crippen LogP contribution in [0.25, 0.3) is 38.8 Å². The molecule has 0 saturated heterocycles. The molecule has 0 spiro atoms. The molecule has 0 bridgehead atoms. The van der Waals surface area contributed by atoms with E-state index in [-0.39, 0.29) is 42.7 Å². The van der Waals surface area contributed by atoms with Crippen molar-refractivity contribution < 1.29 is 25.8 Å². The summed E-state index contributed by atoms with van der Waals surface area (Å²) in [7, 11) is 0. The van der Waals surface area contributed by atoms with Gasteiger partial charge in [-0.25, -0.2) is 4.98 Å². The maximum absolute atomic E-state index is 6.68. The first-order valence-electron chi connectivity index (χ1n) is 22.2. The van der Waals surface area contributed by atoms with Gasteiger partial charge >= 0.3 is 0 Å². The molecular formula is C58H59N4OPt-3. The third-order valence-corrected chi connectivity index (χ3v) is 12.4. The number of fused-ring (bicyclic) bond motifs is 4. The van der Waals surface area contributed by atoms with Gasteiger partial charge < -0.3 is 19.1 Å². The second-order valence-corrected chi connectivity index (χ2v) is 21.2. The number of nitrogens with zero attached hydrogens (tertiary/aromatic N) is 4. The van der Waals surface area contributed by atoms with Gasteiger partial charge in [0.05, 0.1) is 0 Å². The average molecular weight is 1020 g/mol. The molecule has 0 saturated carbocycles. The summed E-state index contributed by atoms with van der Waals surface area (Å²) in [5.74, 6) is 2.08. The van der Waals surface area contributed by atoms with Crippen molar-refractivity contribution in [1.29, 1.82) is 0 Å². The number of anilines is 4. The van der Waals surface area contributed by atoms with Gasteiger partial charge in [0.1, 0.15) is 5.82 Å². The topological polar surface area (TPSA) is 33.5 Å². The van der Waals surface area contributed by atoms with Gasteiger partial charge in [-0.05, 0) is 103 Å². The van der Waals surface area contributed by atoms with Crippen LogP contribution in [0.3, 0.4) is 0 Å². The third-order valence-electron chi connectivity index (χ3n) is 12.4. The summed E-state index contributed by atoms with van der Waals surface area (Å²) in [6, 6.07) is 53.3. The number of pyridine rings is 1. The molecule has 0 aliphatic carbocycles. The first-order valence-corrected chi connectivity index (χ1v) is 22.2. The van der Waals surface area contributed by atoms with Gasteiger partial charge in [0, 0.05) is 61.3 Å². The van der Waals surface area contributed by atoms with Crippen LogP contribution in [0.5, 0.6) is 11.5 Å². The molecule has 0 radical (unpaired) electrons. The summed E-state index contributed by atoms with van der Waals surface area (Å²) < 4.78 is 8.92. The molecule has 5 nitrogen and oxygen atoms in total. The van der Waals surface area contributed by atoms with Crippen LogP contribution in [0.15, 0.2) is 134 Å². The largest absolute Gasteiger partial charge is 0.509 e. The van der Waals surface area contributed by atoms with Crippen molar-refractivity contribution in [3.05, 3.63) is 175 Å². The van der Waals surface area contributed by atoms with E-state index in [4.69, 9.17) is 9.72 Å². The molecular weight excluding hydrogens is 964 g/mol. The van der Waals surface area contributed by atoms with Crippen molar-refractivity contribution >= 4 is 44.6 Å². The van der Waals surface area contributed by atoms with Crippen LogP contribution in [0.1, 0.15) is 105 Å². The molecule has 1 aliphatic rings. The quantitative estimate of drug-likeness (QED) is 0.155. The standard InChI is InChI=1S/C58H59N4O.Pt/c1-55(2,3)40-22-20-38(21-23-40)39-30-43(58(10,11)12)32-45(31-39)61-37-60(50-18-13-14-19-51(50)61)44-16-15-17-46(35-44)63-47-25-27-49-48-26-24-41(56(4,5)6)33-52(48)62(53(49)36-47)54-34-42(28-29-59-54)57(7,8)9;/h13-34,37H,1-12H3;/q-3;. The Morgan fingerprint density at radius 3 is 1.78 bits per heavy atom. The maximum Gasteiger partial charge on any atom is 0.135 e. The Bertz CT molecular complexity index is 3010. The predicted octanol–water partition coefficient (Wildman–Crippen LogP) is 15.8. The Balaban J connectivity index is 0.00000560. The molecule has 6 heteroatoms. The summed E-state index contributed by atoms with van der Waals surface area (Å²) in [6.45, 7) is 29.3. The second kappa shape index (κ2) is 16.4.